The smallest absolute Gasteiger partial charge is 0.255 e. The van der Waals surface area contributed by atoms with Crippen molar-refractivity contribution in [3.05, 3.63) is 59.7 Å². The van der Waals surface area contributed by atoms with Crippen molar-refractivity contribution < 1.29 is 9.53 Å². The zero-order valence-corrected chi connectivity index (χ0v) is 15.8. The van der Waals surface area contributed by atoms with E-state index in [0.717, 1.165) is 51.4 Å². The summed E-state index contributed by atoms with van der Waals surface area (Å²) in [7, 11) is 0. The van der Waals surface area contributed by atoms with Gasteiger partial charge >= 0.3 is 0 Å². The molecule has 0 radical (unpaired) electrons. The lowest BCUT2D eigenvalue weighted by Crippen LogP contribution is -2.54. The van der Waals surface area contributed by atoms with Crippen molar-refractivity contribution >= 4 is 5.91 Å². The van der Waals surface area contributed by atoms with E-state index in [2.05, 4.69) is 20.9 Å². The SMILES string of the molecule is Cc1ccncc1C(=O)N1CC[C@@H]2COCCN(Cc3cccnc3)[C@@H]2C1. The minimum Gasteiger partial charge on any atom is -0.380 e. The average molecular weight is 366 g/mol. The van der Waals surface area contributed by atoms with Crippen molar-refractivity contribution in [3.8, 4) is 0 Å². The maximum Gasteiger partial charge on any atom is 0.255 e. The molecular formula is C21H26N4O2. The number of nitrogens with zero attached hydrogens (tertiary/aromatic N) is 4. The maximum atomic E-state index is 13.1. The summed E-state index contributed by atoms with van der Waals surface area (Å²) in [5, 5.41) is 0. The highest BCUT2D eigenvalue weighted by Gasteiger charge is 2.37. The molecule has 1 amide bonds. The molecule has 2 fully saturated rings. The average Bonchev–Trinajstić information content (AvgIpc) is 2.90. The Labute approximate surface area is 160 Å². The Kier molecular flexibility index (Phi) is 5.45. The Morgan fingerprint density at radius 2 is 2.11 bits per heavy atom. The Morgan fingerprint density at radius 3 is 2.93 bits per heavy atom. The highest BCUT2D eigenvalue weighted by Crippen LogP contribution is 2.27. The van der Waals surface area contributed by atoms with E-state index in [0.29, 0.717) is 17.5 Å². The Hall–Kier alpha value is -2.31. The summed E-state index contributed by atoms with van der Waals surface area (Å²) in [6.45, 7) is 6.72. The minimum absolute atomic E-state index is 0.0885. The molecule has 27 heavy (non-hydrogen) atoms. The lowest BCUT2D eigenvalue weighted by Gasteiger charge is -2.42. The van der Waals surface area contributed by atoms with Gasteiger partial charge in [0.2, 0.25) is 0 Å². The fraction of sp³-hybridized carbons (Fsp3) is 0.476. The van der Waals surface area contributed by atoms with Gasteiger partial charge in [-0.25, -0.2) is 0 Å². The molecule has 0 saturated carbocycles. The molecule has 2 aliphatic rings. The van der Waals surface area contributed by atoms with Crippen LogP contribution in [0.5, 0.6) is 0 Å². The van der Waals surface area contributed by atoms with Crippen molar-refractivity contribution in [2.75, 3.05) is 32.8 Å². The number of amides is 1. The number of piperidine rings is 1. The van der Waals surface area contributed by atoms with Crippen LogP contribution in [0.25, 0.3) is 0 Å². The lowest BCUT2D eigenvalue weighted by atomic mass is 9.90. The fourth-order valence-corrected chi connectivity index (χ4v) is 4.14. The molecule has 2 atom stereocenters. The molecule has 2 aliphatic heterocycles. The number of fused-ring (bicyclic) bond motifs is 1. The van der Waals surface area contributed by atoms with Crippen molar-refractivity contribution in [2.24, 2.45) is 5.92 Å². The monoisotopic (exact) mass is 366 g/mol. The molecule has 0 N–H and O–H groups in total. The molecule has 0 bridgehead atoms. The van der Waals surface area contributed by atoms with Crippen LogP contribution >= 0.6 is 0 Å². The quantitative estimate of drug-likeness (QED) is 0.833. The Morgan fingerprint density at radius 1 is 1.22 bits per heavy atom. The molecule has 2 aromatic heterocycles. The van der Waals surface area contributed by atoms with Crippen LogP contribution in [-0.2, 0) is 11.3 Å². The van der Waals surface area contributed by atoms with Crippen molar-refractivity contribution in [1.82, 2.24) is 19.8 Å². The molecule has 0 spiro atoms. The summed E-state index contributed by atoms with van der Waals surface area (Å²) < 4.78 is 5.86. The largest absolute Gasteiger partial charge is 0.380 e. The zero-order valence-electron chi connectivity index (χ0n) is 15.8. The summed E-state index contributed by atoms with van der Waals surface area (Å²) in [6, 6.07) is 6.29. The number of rotatable bonds is 3. The second-order valence-electron chi connectivity index (χ2n) is 7.46. The molecule has 0 unspecified atom stereocenters. The fourth-order valence-electron chi connectivity index (χ4n) is 4.14. The van der Waals surface area contributed by atoms with Crippen LogP contribution in [0.2, 0.25) is 0 Å². The topological polar surface area (TPSA) is 58.6 Å². The predicted molar refractivity (Wildman–Crippen MR) is 102 cm³/mol. The first-order valence-corrected chi connectivity index (χ1v) is 9.63. The first-order chi connectivity index (χ1) is 13.2. The summed E-state index contributed by atoms with van der Waals surface area (Å²) in [4.78, 5) is 25.9. The molecule has 2 aromatic rings. The number of aromatic nitrogens is 2. The van der Waals surface area contributed by atoms with Crippen molar-refractivity contribution in [2.45, 2.75) is 25.9 Å². The highest BCUT2D eigenvalue weighted by molar-refractivity contribution is 5.95. The predicted octanol–water partition coefficient (Wildman–Crippen LogP) is 2.15. The Bertz CT molecular complexity index is 783. The molecular weight excluding hydrogens is 340 g/mol. The first kappa shape index (κ1) is 18.1. The van der Waals surface area contributed by atoms with Gasteiger partial charge in [0.1, 0.15) is 0 Å². The van der Waals surface area contributed by atoms with Gasteiger partial charge in [-0.3, -0.25) is 19.7 Å². The maximum absolute atomic E-state index is 13.1. The summed E-state index contributed by atoms with van der Waals surface area (Å²) in [5.74, 6) is 0.550. The van der Waals surface area contributed by atoms with Gasteiger partial charge in [-0.15, -0.1) is 0 Å². The van der Waals surface area contributed by atoms with Gasteiger partial charge in [0, 0.05) is 62.9 Å². The number of hydrogen-bond acceptors (Lipinski definition) is 5. The molecule has 6 heteroatoms. The van der Waals surface area contributed by atoms with Crippen LogP contribution in [0.1, 0.15) is 27.9 Å². The van der Waals surface area contributed by atoms with Crippen LogP contribution in [0.15, 0.2) is 43.0 Å². The minimum atomic E-state index is 0.0885. The van der Waals surface area contributed by atoms with Gasteiger partial charge in [0.05, 0.1) is 18.8 Å². The molecule has 2 saturated heterocycles. The van der Waals surface area contributed by atoms with E-state index in [4.69, 9.17) is 4.74 Å². The van der Waals surface area contributed by atoms with Crippen LogP contribution in [-0.4, -0.2) is 64.6 Å². The van der Waals surface area contributed by atoms with E-state index in [9.17, 15) is 4.79 Å². The van der Waals surface area contributed by atoms with E-state index >= 15 is 0 Å². The van der Waals surface area contributed by atoms with Crippen molar-refractivity contribution in [1.29, 1.82) is 0 Å². The zero-order chi connectivity index (χ0) is 18.6. The second-order valence-corrected chi connectivity index (χ2v) is 7.46. The first-order valence-electron chi connectivity index (χ1n) is 9.63. The molecule has 4 rings (SSSR count). The van der Waals surface area contributed by atoms with E-state index in [1.54, 1.807) is 18.6 Å². The molecule has 6 nitrogen and oxygen atoms in total. The highest BCUT2D eigenvalue weighted by atomic mass is 16.5. The molecule has 0 aromatic carbocycles. The normalized spacial score (nSPS) is 23.5. The number of likely N-dealkylation sites (tertiary alicyclic amines) is 1. The van der Waals surface area contributed by atoms with Crippen LogP contribution < -0.4 is 0 Å². The number of aryl methyl sites for hydroxylation is 1. The number of carbonyl (C=O) groups is 1. The van der Waals surface area contributed by atoms with Gasteiger partial charge in [0.25, 0.3) is 5.91 Å². The second kappa shape index (κ2) is 8.15. The Balaban J connectivity index is 1.53. The van der Waals surface area contributed by atoms with E-state index in [1.807, 2.05) is 30.2 Å². The van der Waals surface area contributed by atoms with Crippen LogP contribution in [0.4, 0.5) is 0 Å². The van der Waals surface area contributed by atoms with Gasteiger partial charge in [-0.2, -0.15) is 0 Å². The van der Waals surface area contributed by atoms with Gasteiger partial charge in [0.15, 0.2) is 0 Å². The molecule has 4 heterocycles. The lowest BCUT2D eigenvalue weighted by molar-refractivity contribution is 0.0370. The van der Waals surface area contributed by atoms with Crippen molar-refractivity contribution in [3.63, 3.8) is 0 Å². The van der Waals surface area contributed by atoms with E-state index < -0.39 is 0 Å². The number of carbonyl (C=O) groups excluding carboxylic acids is 1. The van der Waals surface area contributed by atoms with Gasteiger partial charge < -0.3 is 9.64 Å². The van der Waals surface area contributed by atoms with Crippen LogP contribution in [0, 0.1) is 12.8 Å². The van der Waals surface area contributed by atoms with Gasteiger partial charge in [-0.1, -0.05) is 6.07 Å². The molecule has 142 valence electrons. The third-order valence-electron chi connectivity index (χ3n) is 5.71. The van der Waals surface area contributed by atoms with Gasteiger partial charge in [-0.05, 0) is 36.6 Å². The number of hydrogen-bond donors (Lipinski definition) is 0. The summed E-state index contributed by atoms with van der Waals surface area (Å²) in [6.07, 6.45) is 8.11. The summed E-state index contributed by atoms with van der Waals surface area (Å²) >= 11 is 0. The van der Waals surface area contributed by atoms with E-state index in [-0.39, 0.29) is 5.91 Å². The van der Waals surface area contributed by atoms with Crippen LogP contribution in [0.3, 0.4) is 0 Å². The third kappa shape index (κ3) is 4.01. The third-order valence-corrected chi connectivity index (χ3v) is 5.71. The summed E-state index contributed by atoms with van der Waals surface area (Å²) in [5.41, 5.74) is 2.89. The number of pyridine rings is 2. The number of ether oxygens (including phenoxy) is 1. The standard InChI is InChI=1S/C21H26N4O2/c1-16-4-7-23-12-19(16)21(26)25-8-5-18-15-27-10-9-24(20(18)14-25)13-17-3-2-6-22-11-17/h2-4,6-7,11-12,18,20H,5,8-10,13-15H2,1H3/t18-,20-/m1/s1. The van der Waals surface area contributed by atoms with E-state index in [1.165, 1.54) is 5.56 Å². The molecule has 0 aliphatic carbocycles.